The molecule has 108 valence electrons. The van der Waals surface area contributed by atoms with Gasteiger partial charge in [-0.15, -0.1) is 0 Å². The van der Waals surface area contributed by atoms with Gasteiger partial charge in [-0.1, -0.05) is 15.9 Å². The van der Waals surface area contributed by atoms with Crippen molar-refractivity contribution in [1.29, 1.82) is 0 Å². The van der Waals surface area contributed by atoms with Crippen LogP contribution in [-0.4, -0.2) is 33.8 Å². The van der Waals surface area contributed by atoms with Crippen LogP contribution in [0.25, 0.3) is 6.08 Å². The van der Waals surface area contributed by atoms with Gasteiger partial charge in [0, 0.05) is 16.1 Å². The van der Waals surface area contributed by atoms with E-state index in [1.54, 1.807) is 0 Å². The normalized spacial score (nSPS) is 26.1. The van der Waals surface area contributed by atoms with E-state index in [1.807, 2.05) is 6.92 Å². The van der Waals surface area contributed by atoms with Gasteiger partial charge in [0.15, 0.2) is 0 Å². The van der Waals surface area contributed by atoms with Crippen molar-refractivity contribution < 1.29 is 5.11 Å². The van der Waals surface area contributed by atoms with Crippen LogP contribution in [0.1, 0.15) is 36.9 Å². The van der Waals surface area contributed by atoms with Crippen LogP contribution >= 0.6 is 15.9 Å². The number of rotatable bonds is 1. The van der Waals surface area contributed by atoms with Crippen LogP contribution in [-0.2, 0) is 0 Å². The Morgan fingerprint density at radius 2 is 2.00 bits per heavy atom. The second-order valence-corrected chi connectivity index (χ2v) is 6.60. The number of nitrogens with zero attached hydrogens (tertiary/aromatic N) is 3. The molecule has 6 heteroatoms. The molecule has 1 aromatic heterocycles. The molecular weight excluding hydrogens is 320 g/mol. The standard InChI is InChI=1S/C14H19BrN4O/c1-8-12-6-9(15)7-19(13(12)18-14(16)17-8)10-2-4-11(20)5-3-10/h6,10-11,20H,2-5,7H2,1H3,(H2,16,17,18). The zero-order valence-corrected chi connectivity index (χ0v) is 13.1. The third kappa shape index (κ3) is 2.54. The van der Waals surface area contributed by atoms with E-state index in [0.717, 1.165) is 53.8 Å². The third-order valence-electron chi connectivity index (χ3n) is 4.13. The first-order valence-electron chi connectivity index (χ1n) is 6.99. The Kier molecular flexibility index (Phi) is 3.69. The Balaban J connectivity index is 1.97. The van der Waals surface area contributed by atoms with Crippen LogP contribution in [0.15, 0.2) is 4.48 Å². The summed E-state index contributed by atoms with van der Waals surface area (Å²) in [5.41, 5.74) is 7.76. The number of nitrogens with two attached hydrogens (primary N) is 1. The number of aromatic nitrogens is 2. The fourth-order valence-corrected chi connectivity index (χ4v) is 3.59. The molecule has 0 bridgehead atoms. The van der Waals surface area contributed by atoms with Gasteiger partial charge in [0.25, 0.3) is 0 Å². The zero-order valence-electron chi connectivity index (χ0n) is 11.5. The van der Waals surface area contributed by atoms with E-state index in [1.165, 1.54) is 0 Å². The third-order valence-corrected chi connectivity index (χ3v) is 4.61. The Bertz CT molecular complexity index is 552. The molecule has 1 aromatic rings. The summed E-state index contributed by atoms with van der Waals surface area (Å²) in [5.74, 6) is 1.26. The predicted octanol–water partition coefficient (Wildman–Crippen LogP) is 2.23. The summed E-state index contributed by atoms with van der Waals surface area (Å²) in [6.07, 6.45) is 5.63. The number of anilines is 2. The molecule has 0 spiro atoms. The fraction of sp³-hybridized carbons (Fsp3) is 0.571. The number of hydrogen-bond acceptors (Lipinski definition) is 5. The van der Waals surface area contributed by atoms with Gasteiger partial charge < -0.3 is 15.7 Å². The fourth-order valence-electron chi connectivity index (χ4n) is 3.09. The highest BCUT2D eigenvalue weighted by molar-refractivity contribution is 9.11. The lowest BCUT2D eigenvalue weighted by molar-refractivity contribution is 0.122. The second kappa shape index (κ2) is 5.33. The largest absolute Gasteiger partial charge is 0.393 e. The highest BCUT2D eigenvalue weighted by atomic mass is 79.9. The number of fused-ring (bicyclic) bond motifs is 1. The molecule has 0 aromatic carbocycles. The SMILES string of the molecule is Cc1nc(N)nc2c1C=C(Br)CN2C1CCC(O)CC1. The molecule has 0 saturated heterocycles. The number of aliphatic hydroxyl groups excluding tert-OH is 1. The van der Waals surface area contributed by atoms with Gasteiger partial charge >= 0.3 is 0 Å². The average molecular weight is 339 g/mol. The van der Waals surface area contributed by atoms with Crippen molar-refractivity contribution in [3.05, 3.63) is 15.7 Å². The lowest BCUT2D eigenvalue weighted by Gasteiger charge is -2.39. The first-order valence-corrected chi connectivity index (χ1v) is 7.79. The molecule has 3 rings (SSSR count). The van der Waals surface area contributed by atoms with E-state index in [4.69, 9.17) is 5.73 Å². The first kappa shape index (κ1) is 13.8. The molecule has 2 aliphatic rings. The summed E-state index contributed by atoms with van der Waals surface area (Å²) in [6.45, 7) is 2.77. The smallest absolute Gasteiger partial charge is 0.222 e. The van der Waals surface area contributed by atoms with Gasteiger partial charge in [0.1, 0.15) is 5.82 Å². The lowest BCUT2D eigenvalue weighted by Crippen LogP contribution is -2.42. The number of nitrogen functional groups attached to an aromatic ring is 1. The molecule has 0 radical (unpaired) electrons. The summed E-state index contributed by atoms with van der Waals surface area (Å²) in [7, 11) is 0. The van der Waals surface area contributed by atoms with Gasteiger partial charge in [-0.3, -0.25) is 0 Å². The van der Waals surface area contributed by atoms with Crippen LogP contribution in [0, 0.1) is 6.92 Å². The quantitative estimate of drug-likeness (QED) is 0.821. The highest BCUT2D eigenvalue weighted by Crippen LogP contribution is 2.36. The van der Waals surface area contributed by atoms with Gasteiger partial charge in [-0.2, -0.15) is 4.98 Å². The lowest BCUT2D eigenvalue weighted by atomic mass is 9.91. The van der Waals surface area contributed by atoms with E-state index in [9.17, 15) is 5.11 Å². The van der Waals surface area contributed by atoms with Crippen molar-refractivity contribution in [2.45, 2.75) is 44.8 Å². The van der Waals surface area contributed by atoms with Gasteiger partial charge in [0.05, 0.1) is 18.3 Å². The maximum atomic E-state index is 9.68. The average Bonchev–Trinajstić information content (AvgIpc) is 2.40. The molecule has 2 heterocycles. The molecule has 3 N–H and O–H groups in total. The Labute approximate surface area is 127 Å². The minimum Gasteiger partial charge on any atom is -0.393 e. The number of halogens is 1. The number of aryl methyl sites for hydroxylation is 1. The summed E-state index contributed by atoms with van der Waals surface area (Å²) < 4.78 is 1.13. The summed E-state index contributed by atoms with van der Waals surface area (Å²) in [4.78, 5) is 11.0. The summed E-state index contributed by atoms with van der Waals surface area (Å²) >= 11 is 3.61. The Hall–Kier alpha value is -1.14. The van der Waals surface area contributed by atoms with Crippen molar-refractivity contribution in [1.82, 2.24) is 9.97 Å². The topological polar surface area (TPSA) is 75.3 Å². The molecule has 1 aliphatic heterocycles. The van der Waals surface area contributed by atoms with Crippen LogP contribution in [0.3, 0.4) is 0 Å². The van der Waals surface area contributed by atoms with Crippen LogP contribution < -0.4 is 10.6 Å². The van der Waals surface area contributed by atoms with E-state index in [-0.39, 0.29) is 6.10 Å². The van der Waals surface area contributed by atoms with Crippen molar-refractivity contribution in [2.75, 3.05) is 17.2 Å². The van der Waals surface area contributed by atoms with E-state index in [2.05, 4.69) is 36.9 Å². The Morgan fingerprint density at radius 1 is 1.30 bits per heavy atom. The maximum absolute atomic E-state index is 9.68. The van der Waals surface area contributed by atoms with Crippen molar-refractivity contribution in [3.8, 4) is 0 Å². The van der Waals surface area contributed by atoms with E-state index in [0.29, 0.717) is 12.0 Å². The first-order chi connectivity index (χ1) is 9.54. The second-order valence-electron chi connectivity index (χ2n) is 5.59. The molecule has 0 unspecified atom stereocenters. The molecule has 1 aliphatic carbocycles. The van der Waals surface area contributed by atoms with Gasteiger partial charge in [-0.05, 0) is 38.7 Å². The van der Waals surface area contributed by atoms with E-state index < -0.39 is 0 Å². The zero-order chi connectivity index (χ0) is 14.3. The van der Waals surface area contributed by atoms with Crippen molar-refractivity contribution >= 4 is 33.8 Å². The van der Waals surface area contributed by atoms with Gasteiger partial charge in [-0.25, -0.2) is 4.98 Å². The molecule has 0 atom stereocenters. The maximum Gasteiger partial charge on any atom is 0.222 e. The van der Waals surface area contributed by atoms with Crippen LogP contribution in [0.4, 0.5) is 11.8 Å². The number of hydrogen-bond donors (Lipinski definition) is 2. The van der Waals surface area contributed by atoms with Crippen LogP contribution in [0.5, 0.6) is 0 Å². The molecule has 20 heavy (non-hydrogen) atoms. The van der Waals surface area contributed by atoms with Crippen LogP contribution in [0.2, 0.25) is 0 Å². The molecule has 1 saturated carbocycles. The Morgan fingerprint density at radius 3 is 2.70 bits per heavy atom. The predicted molar refractivity (Wildman–Crippen MR) is 83.7 cm³/mol. The monoisotopic (exact) mass is 338 g/mol. The van der Waals surface area contributed by atoms with Crippen molar-refractivity contribution in [3.63, 3.8) is 0 Å². The minimum atomic E-state index is -0.147. The van der Waals surface area contributed by atoms with Gasteiger partial charge in [0.2, 0.25) is 5.95 Å². The number of aliphatic hydroxyl groups is 1. The summed E-state index contributed by atoms with van der Waals surface area (Å²) in [5, 5.41) is 9.68. The van der Waals surface area contributed by atoms with E-state index >= 15 is 0 Å². The highest BCUT2D eigenvalue weighted by Gasteiger charge is 2.30. The molecule has 1 fully saturated rings. The molecule has 5 nitrogen and oxygen atoms in total. The molecular formula is C14H19BrN4O. The summed E-state index contributed by atoms with van der Waals surface area (Å²) in [6, 6.07) is 0.409. The van der Waals surface area contributed by atoms with Crippen molar-refractivity contribution in [2.24, 2.45) is 0 Å². The minimum absolute atomic E-state index is 0.147. The molecule has 0 amide bonds.